The summed E-state index contributed by atoms with van der Waals surface area (Å²) >= 11 is 0. The number of halogens is 3. The summed E-state index contributed by atoms with van der Waals surface area (Å²) in [6.07, 6.45) is 4.63. The highest BCUT2D eigenvalue weighted by Gasteiger charge is 2.50. The Kier molecular flexibility index (Phi) is 4.32. The van der Waals surface area contributed by atoms with Gasteiger partial charge in [0.05, 0.1) is 0 Å². The Labute approximate surface area is 154 Å². The van der Waals surface area contributed by atoms with Gasteiger partial charge < -0.3 is 10.2 Å². The lowest BCUT2D eigenvalue weighted by Crippen LogP contribution is -2.34. The molecule has 1 saturated carbocycles. The second kappa shape index (κ2) is 6.55. The van der Waals surface area contributed by atoms with Crippen molar-refractivity contribution in [1.82, 2.24) is 5.32 Å². The number of hydrogen-bond donors (Lipinski definition) is 1. The van der Waals surface area contributed by atoms with Gasteiger partial charge in [0, 0.05) is 24.1 Å². The molecule has 27 heavy (non-hydrogen) atoms. The Morgan fingerprint density at radius 1 is 1.33 bits per heavy atom. The molecule has 0 aromatic heterocycles. The average Bonchev–Trinajstić information content (AvgIpc) is 3.28. The van der Waals surface area contributed by atoms with E-state index in [4.69, 9.17) is 4.84 Å². The number of allylic oxidation sites excluding steroid dienone is 3. The second-order valence-electron chi connectivity index (χ2n) is 7.12. The van der Waals surface area contributed by atoms with Crippen molar-refractivity contribution in [2.75, 3.05) is 6.54 Å². The Morgan fingerprint density at radius 3 is 2.89 bits per heavy atom. The Balaban J connectivity index is 1.68. The van der Waals surface area contributed by atoms with Crippen LogP contribution < -0.4 is 5.32 Å². The van der Waals surface area contributed by atoms with Crippen LogP contribution in [0.3, 0.4) is 0 Å². The highest BCUT2D eigenvalue weighted by molar-refractivity contribution is 6.00. The van der Waals surface area contributed by atoms with Gasteiger partial charge in [-0.05, 0) is 36.5 Å². The monoisotopic (exact) mass is 376 g/mol. The maximum atomic E-state index is 12.5. The minimum Gasteiger partial charge on any atom is -0.388 e. The fourth-order valence-corrected chi connectivity index (χ4v) is 4.30. The van der Waals surface area contributed by atoms with Crippen LogP contribution in [0.15, 0.2) is 47.1 Å². The van der Waals surface area contributed by atoms with Crippen LogP contribution in [-0.2, 0) is 4.84 Å². The fraction of sp³-hybridized carbons (Fsp3) is 0.400. The van der Waals surface area contributed by atoms with Gasteiger partial charge in [-0.25, -0.2) is 0 Å². The van der Waals surface area contributed by atoms with Gasteiger partial charge in [0.25, 0.3) is 5.91 Å². The highest BCUT2D eigenvalue weighted by atomic mass is 19.4. The Hall–Kier alpha value is -2.57. The number of nitrogens with zero attached hydrogens (tertiary/aromatic N) is 1. The van der Waals surface area contributed by atoms with E-state index >= 15 is 0 Å². The molecule has 1 aromatic rings. The van der Waals surface area contributed by atoms with Crippen molar-refractivity contribution in [1.29, 1.82) is 0 Å². The number of hydrogen-bond acceptors (Lipinski definition) is 3. The van der Waals surface area contributed by atoms with Crippen LogP contribution in [0, 0.1) is 5.92 Å². The Morgan fingerprint density at radius 2 is 2.15 bits per heavy atom. The van der Waals surface area contributed by atoms with E-state index in [1.807, 2.05) is 17.5 Å². The van der Waals surface area contributed by atoms with Gasteiger partial charge >= 0.3 is 6.18 Å². The second-order valence-corrected chi connectivity index (χ2v) is 7.12. The molecule has 1 N–H and O–H groups in total. The molecule has 0 radical (unpaired) electrons. The van der Waals surface area contributed by atoms with Gasteiger partial charge in [-0.2, -0.15) is 13.2 Å². The van der Waals surface area contributed by atoms with E-state index in [2.05, 4.69) is 5.16 Å². The molecule has 0 saturated heterocycles. The molecule has 1 amide bonds. The first-order valence-electron chi connectivity index (χ1n) is 8.94. The van der Waals surface area contributed by atoms with E-state index in [0.717, 1.165) is 31.3 Å². The van der Waals surface area contributed by atoms with E-state index in [1.54, 1.807) is 30.5 Å². The third-order valence-corrected chi connectivity index (χ3v) is 5.53. The summed E-state index contributed by atoms with van der Waals surface area (Å²) in [4.78, 5) is 18.1. The van der Waals surface area contributed by atoms with Crippen molar-refractivity contribution < 1.29 is 22.8 Å². The predicted octanol–water partition coefficient (Wildman–Crippen LogP) is 4.25. The standard InChI is InChI=1S/C20H19F3N2O2/c21-20(22,23)12-24-18(26)16-5-2-1-4-14(16)13-6-3-7-17-15(13)8-9-19(17)10-11-25-27-19/h1-6,11,17H,7-10,12H2,(H,24,26). The maximum absolute atomic E-state index is 12.5. The largest absolute Gasteiger partial charge is 0.405 e. The SMILES string of the molecule is O=C(NCC(F)(F)F)c1ccccc1C1=C2CCC3(CC=NO3)C2CC=C1. The fourth-order valence-electron chi connectivity index (χ4n) is 4.30. The van der Waals surface area contributed by atoms with Gasteiger partial charge in [-0.1, -0.05) is 41.1 Å². The molecular formula is C20H19F3N2O2. The molecular weight excluding hydrogens is 357 g/mol. The predicted molar refractivity (Wildman–Crippen MR) is 95.2 cm³/mol. The van der Waals surface area contributed by atoms with E-state index in [-0.39, 0.29) is 17.1 Å². The lowest BCUT2D eigenvalue weighted by molar-refractivity contribution is -0.123. The number of benzene rings is 1. The quantitative estimate of drug-likeness (QED) is 0.858. The number of amides is 1. The molecule has 4 nitrogen and oxygen atoms in total. The van der Waals surface area contributed by atoms with Crippen molar-refractivity contribution in [3.8, 4) is 0 Å². The van der Waals surface area contributed by atoms with Crippen LogP contribution in [0.25, 0.3) is 5.57 Å². The number of carbonyl (C=O) groups is 1. The van der Waals surface area contributed by atoms with Crippen LogP contribution in [0.1, 0.15) is 41.6 Å². The van der Waals surface area contributed by atoms with Gasteiger partial charge in [-0.3, -0.25) is 4.79 Å². The molecule has 1 heterocycles. The summed E-state index contributed by atoms with van der Waals surface area (Å²) in [5.74, 6) is -0.550. The van der Waals surface area contributed by atoms with E-state index in [0.29, 0.717) is 5.56 Å². The van der Waals surface area contributed by atoms with Crippen LogP contribution in [0.4, 0.5) is 13.2 Å². The zero-order valence-electron chi connectivity index (χ0n) is 14.6. The lowest BCUT2D eigenvalue weighted by atomic mass is 9.78. The lowest BCUT2D eigenvalue weighted by Gasteiger charge is -2.31. The molecule has 1 fully saturated rings. The first kappa shape index (κ1) is 17.8. The van der Waals surface area contributed by atoms with Gasteiger partial charge in [-0.15, -0.1) is 0 Å². The summed E-state index contributed by atoms with van der Waals surface area (Å²) in [6, 6.07) is 6.80. The van der Waals surface area contributed by atoms with E-state index in [9.17, 15) is 18.0 Å². The van der Waals surface area contributed by atoms with Crippen LogP contribution in [-0.4, -0.2) is 30.4 Å². The molecule has 1 aliphatic heterocycles. The molecule has 3 aliphatic rings. The smallest absolute Gasteiger partial charge is 0.388 e. The molecule has 142 valence electrons. The number of oxime groups is 1. The average molecular weight is 376 g/mol. The van der Waals surface area contributed by atoms with Gasteiger partial charge in [0.15, 0.2) is 0 Å². The van der Waals surface area contributed by atoms with Crippen molar-refractivity contribution in [2.24, 2.45) is 11.1 Å². The molecule has 1 aromatic carbocycles. The number of nitrogens with one attached hydrogen (secondary N) is 1. The number of alkyl halides is 3. The molecule has 4 rings (SSSR count). The van der Waals surface area contributed by atoms with Crippen molar-refractivity contribution in [3.05, 3.63) is 53.1 Å². The zero-order chi connectivity index (χ0) is 19.1. The minimum absolute atomic E-state index is 0.172. The van der Waals surface area contributed by atoms with Gasteiger partial charge in [0.1, 0.15) is 12.1 Å². The minimum atomic E-state index is -4.44. The molecule has 2 aliphatic carbocycles. The molecule has 2 unspecified atom stereocenters. The number of rotatable bonds is 3. The van der Waals surface area contributed by atoms with E-state index < -0.39 is 18.6 Å². The van der Waals surface area contributed by atoms with Crippen molar-refractivity contribution in [3.63, 3.8) is 0 Å². The van der Waals surface area contributed by atoms with Crippen molar-refractivity contribution >= 4 is 17.7 Å². The summed E-state index contributed by atoms with van der Waals surface area (Å²) in [5, 5.41) is 5.93. The maximum Gasteiger partial charge on any atom is 0.405 e. The normalized spacial score (nSPS) is 26.4. The van der Waals surface area contributed by atoms with Crippen LogP contribution >= 0.6 is 0 Å². The van der Waals surface area contributed by atoms with Crippen LogP contribution in [0.5, 0.6) is 0 Å². The molecule has 7 heteroatoms. The molecule has 1 spiro atoms. The van der Waals surface area contributed by atoms with Crippen LogP contribution in [0.2, 0.25) is 0 Å². The summed E-state index contributed by atoms with van der Waals surface area (Å²) in [5.41, 5.74) is 2.69. The summed E-state index contributed by atoms with van der Waals surface area (Å²) in [6.45, 7) is -1.35. The zero-order valence-corrected chi connectivity index (χ0v) is 14.6. The molecule has 2 atom stereocenters. The topological polar surface area (TPSA) is 50.7 Å². The van der Waals surface area contributed by atoms with E-state index in [1.165, 1.54) is 5.57 Å². The highest BCUT2D eigenvalue weighted by Crippen LogP contribution is 2.52. The first-order chi connectivity index (χ1) is 12.9. The first-order valence-corrected chi connectivity index (χ1v) is 8.94. The van der Waals surface area contributed by atoms with Gasteiger partial charge in [0.2, 0.25) is 0 Å². The third kappa shape index (κ3) is 3.26. The number of fused-ring (bicyclic) bond motifs is 2. The Bertz CT molecular complexity index is 847. The summed E-state index contributed by atoms with van der Waals surface area (Å²) < 4.78 is 37.4. The number of carbonyl (C=O) groups excluding carboxylic acids is 1. The van der Waals surface area contributed by atoms with Crippen molar-refractivity contribution in [2.45, 2.75) is 37.5 Å². The third-order valence-electron chi connectivity index (χ3n) is 5.53. The molecule has 0 bridgehead atoms. The summed E-state index contributed by atoms with van der Waals surface area (Å²) in [7, 11) is 0.